The van der Waals surface area contributed by atoms with Gasteiger partial charge in [0.1, 0.15) is 5.75 Å². The molecule has 17 heavy (non-hydrogen) atoms. The van der Waals surface area contributed by atoms with Gasteiger partial charge in [-0.05, 0) is 32.4 Å². The second-order valence-corrected chi connectivity index (χ2v) is 4.19. The molecule has 0 saturated carbocycles. The topological polar surface area (TPSA) is 30.5 Å². The lowest BCUT2D eigenvalue weighted by Crippen LogP contribution is -2.15. The zero-order valence-corrected chi connectivity index (χ0v) is 11.1. The minimum atomic E-state index is 0.843. The highest BCUT2D eigenvalue weighted by Crippen LogP contribution is 2.19. The first-order valence-corrected chi connectivity index (χ1v) is 6.11. The van der Waals surface area contributed by atoms with Crippen LogP contribution < -0.4 is 10.1 Å². The van der Waals surface area contributed by atoms with Crippen LogP contribution in [-0.2, 0) is 11.3 Å². The normalized spacial score (nSPS) is 10.5. The van der Waals surface area contributed by atoms with E-state index in [9.17, 15) is 0 Å². The van der Waals surface area contributed by atoms with Crippen LogP contribution >= 0.6 is 0 Å². The fourth-order valence-corrected chi connectivity index (χ4v) is 1.76. The third-order valence-electron chi connectivity index (χ3n) is 2.70. The molecule has 1 aromatic carbocycles. The van der Waals surface area contributed by atoms with E-state index >= 15 is 0 Å². The highest BCUT2D eigenvalue weighted by atomic mass is 16.5. The number of aryl methyl sites for hydroxylation is 1. The Hall–Kier alpha value is -1.06. The number of methoxy groups -OCH3 is 2. The Morgan fingerprint density at radius 1 is 1.18 bits per heavy atom. The van der Waals surface area contributed by atoms with Crippen LogP contribution in [0.4, 0.5) is 0 Å². The van der Waals surface area contributed by atoms with E-state index in [0.717, 1.165) is 38.3 Å². The van der Waals surface area contributed by atoms with E-state index in [4.69, 9.17) is 9.47 Å². The molecule has 0 saturated heterocycles. The summed E-state index contributed by atoms with van der Waals surface area (Å²) in [6.45, 7) is 4.81. The van der Waals surface area contributed by atoms with Crippen LogP contribution in [0.25, 0.3) is 0 Å². The molecule has 0 aromatic heterocycles. The van der Waals surface area contributed by atoms with Crippen molar-refractivity contribution in [2.45, 2.75) is 26.3 Å². The molecule has 0 spiro atoms. The number of ether oxygens (including phenoxy) is 2. The van der Waals surface area contributed by atoms with Crippen molar-refractivity contribution in [3.63, 3.8) is 0 Å². The standard InChI is InChI=1S/C14H23NO2/c1-12-6-7-14(17-3)13(10-12)11-15-8-4-5-9-16-2/h6-7,10,15H,4-5,8-9,11H2,1-3H3. The molecule has 0 radical (unpaired) electrons. The summed E-state index contributed by atoms with van der Waals surface area (Å²) in [7, 11) is 3.46. The lowest BCUT2D eigenvalue weighted by Gasteiger charge is -2.10. The Morgan fingerprint density at radius 3 is 2.71 bits per heavy atom. The minimum Gasteiger partial charge on any atom is -0.496 e. The van der Waals surface area contributed by atoms with E-state index in [0.29, 0.717) is 0 Å². The Kier molecular flexibility index (Phi) is 6.67. The summed E-state index contributed by atoms with van der Waals surface area (Å²) in [5.41, 5.74) is 2.49. The predicted molar refractivity (Wildman–Crippen MR) is 70.5 cm³/mol. The Labute approximate surface area is 104 Å². The fraction of sp³-hybridized carbons (Fsp3) is 0.571. The van der Waals surface area contributed by atoms with E-state index < -0.39 is 0 Å². The van der Waals surface area contributed by atoms with Gasteiger partial charge in [0, 0.05) is 25.8 Å². The molecule has 0 fully saturated rings. The molecule has 3 nitrogen and oxygen atoms in total. The van der Waals surface area contributed by atoms with E-state index in [1.807, 2.05) is 6.07 Å². The summed E-state index contributed by atoms with van der Waals surface area (Å²) < 4.78 is 10.3. The number of hydrogen-bond donors (Lipinski definition) is 1. The Morgan fingerprint density at radius 2 is 2.00 bits per heavy atom. The number of hydrogen-bond acceptors (Lipinski definition) is 3. The molecule has 0 aliphatic rings. The fourth-order valence-electron chi connectivity index (χ4n) is 1.76. The lowest BCUT2D eigenvalue weighted by atomic mass is 10.1. The van der Waals surface area contributed by atoms with Crippen LogP contribution in [0.2, 0.25) is 0 Å². The van der Waals surface area contributed by atoms with Gasteiger partial charge in [-0.2, -0.15) is 0 Å². The average molecular weight is 237 g/mol. The number of rotatable bonds is 8. The summed E-state index contributed by atoms with van der Waals surface area (Å²) in [6.07, 6.45) is 2.25. The highest BCUT2D eigenvalue weighted by molar-refractivity contribution is 5.36. The molecule has 3 heteroatoms. The molecule has 0 aliphatic heterocycles. The molecular formula is C14H23NO2. The molecule has 1 aromatic rings. The third-order valence-corrected chi connectivity index (χ3v) is 2.70. The zero-order chi connectivity index (χ0) is 12.5. The summed E-state index contributed by atoms with van der Waals surface area (Å²) in [5.74, 6) is 0.958. The van der Waals surface area contributed by atoms with Crippen molar-refractivity contribution in [2.24, 2.45) is 0 Å². The second kappa shape index (κ2) is 8.09. The van der Waals surface area contributed by atoms with Crippen LogP contribution in [0.15, 0.2) is 18.2 Å². The molecule has 0 heterocycles. The maximum atomic E-state index is 5.34. The van der Waals surface area contributed by atoms with E-state index in [-0.39, 0.29) is 0 Å². The van der Waals surface area contributed by atoms with Gasteiger partial charge in [-0.1, -0.05) is 17.7 Å². The third kappa shape index (κ3) is 5.20. The van der Waals surface area contributed by atoms with Gasteiger partial charge >= 0.3 is 0 Å². The number of benzene rings is 1. The van der Waals surface area contributed by atoms with Crippen molar-refractivity contribution >= 4 is 0 Å². The van der Waals surface area contributed by atoms with Crippen molar-refractivity contribution < 1.29 is 9.47 Å². The molecule has 0 atom stereocenters. The molecule has 96 valence electrons. The van der Waals surface area contributed by atoms with Crippen LogP contribution in [0, 0.1) is 6.92 Å². The predicted octanol–water partition coefficient (Wildman–Crippen LogP) is 2.52. The lowest BCUT2D eigenvalue weighted by molar-refractivity contribution is 0.192. The van der Waals surface area contributed by atoms with Gasteiger partial charge in [0.05, 0.1) is 7.11 Å². The van der Waals surface area contributed by atoms with E-state index in [2.05, 4.69) is 24.4 Å². The largest absolute Gasteiger partial charge is 0.496 e. The summed E-state index contributed by atoms with van der Waals surface area (Å²) in [4.78, 5) is 0. The molecule has 1 rings (SSSR count). The van der Waals surface area contributed by atoms with Gasteiger partial charge in [0.25, 0.3) is 0 Å². The second-order valence-electron chi connectivity index (χ2n) is 4.19. The molecule has 0 unspecified atom stereocenters. The summed E-state index contributed by atoms with van der Waals surface area (Å²) in [5, 5.41) is 3.43. The molecule has 1 N–H and O–H groups in total. The van der Waals surface area contributed by atoms with Gasteiger partial charge in [-0.3, -0.25) is 0 Å². The summed E-state index contributed by atoms with van der Waals surface area (Å²) in [6, 6.07) is 6.26. The van der Waals surface area contributed by atoms with Crippen LogP contribution in [0.3, 0.4) is 0 Å². The van der Waals surface area contributed by atoms with Gasteiger partial charge in [-0.25, -0.2) is 0 Å². The van der Waals surface area contributed by atoms with Gasteiger partial charge in [0.15, 0.2) is 0 Å². The maximum absolute atomic E-state index is 5.34. The summed E-state index contributed by atoms with van der Waals surface area (Å²) >= 11 is 0. The SMILES string of the molecule is COCCCCNCc1cc(C)ccc1OC. The van der Waals surface area contributed by atoms with Crippen molar-refractivity contribution in [2.75, 3.05) is 27.4 Å². The van der Waals surface area contributed by atoms with Crippen molar-refractivity contribution in [3.8, 4) is 5.75 Å². The smallest absolute Gasteiger partial charge is 0.123 e. The van der Waals surface area contributed by atoms with E-state index in [1.54, 1.807) is 14.2 Å². The first-order chi connectivity index (χ1) is 8.27. The molecule has 0 amide bonds. The monoisotopic (exact) mass is 237 g/mol. The minimum absolute atomic E-state index is 0.843. The van der Waals surface area contributed by atoms with Gasteiger partial charge < -0.3 is 14.8 Å². The maximum Gasteiger partial charge on any atom is 0.123 e. The van der Waals surface area contributed by atoms with Crippen molar-refractivity contribution in [3.05, 3.63) is 29.3 Å². The number of nitrogens with one attached hydrogen (secondary N) is 1. The first-order valence-electron chi connectivity index (χ1n) is 6.11. The molecule has 0 aliphatic carbocycles. The quantitative estimate of drug-likeness (QED) is 0.705. The van der Waals surface area contributed by atoms with Crippen molar-refractivity contribution in [1.82, 2.24) is 5.32 Å². The number of unbranched alkanes of at least 4 members (excludes halogenated alkanes) is 1. The van der Waals surface area contributed by atoms with Crippen LogP contribution in [-0.4, -0.2) is 27.4 Å². The van der Waals surface area contributed by atoms with Gasteiger partial charge in [0.2, 0.25) is 0 Å². The highest BCUT2D eigenvalue weighted by Gasteiger charge is 2.02. The average Bonchev–Trinajstić information content (AvgIpc) is 2.34. The molecule has 0 bridgehead atoms. The van der Waals surface area contributed by atoms with Crippen LogP contribution in [0.5, 0.6) is 5.75 Å². The van der Waals surface area contributed by atoms with E-state index in [1.165, 1.54) is 11.1 Å². The molecular weight excluding hydrogens is 214 g/mol. The first kappa shape index (κ1) is 14.0. The van der Waals surface area contributed by atoms with Crippen LogP contribution in [0.1, 0.15) is 24.0 Å². The van der Waals surface area contributed by atoms with Crippen molar-refractivity contribution in [1.29, 1.82) is 0 Å². The zero-order valence-electron chi connectivity index (χ0n) is 11.1. The van der Waals surface area contributed by atoms with Gasteiger partial charge in [-0.15, -0.1) is 0 Å². The Bertz CT molecular complexity index is 326. The Balaban J connectivity index is 2.32.